The van der Waals surface area contributed by atoms with Crippen LogP contribution >= 0.6 is 0 Å². The molecule has 0 bridgehead atoms. The zero-order valence-corrected chi connectivity index (χ0v) is 33.0. The van der Waals surface area contributed by atoms with Crippen LogP contribution in [0.25, 0.3) is 0 Å². The van der Waals surface area contributed by atoms with Crippen LogP contribution in [0.2, 0.25) is 0 Å². The number of aromatic nitrogens is 8. The number of nitrogens with one attached hydrogen (secondary N) is 2. The topological polar surface area (TPSA) is 183 Å². The van der Waals surface area contributed by atoms with Crippen molar-refractivity contribution < 1.29 is 38.0 Å². The van der Waals surface area contributed by atoms with E-state index in [1.54, 1.807) is 36.9 Å². The second-order valence-electron chi connectivity index (χ2n) is 16.5. The molecule has 296 valence electrons. The Balaban J connectivity index is 0.000000142. The molecule has 0 radical (unpaired) electrons. The maximum Gasteiger partial charge on any atom is 0.435 e. The van der Waals surface area contributed by atoms with Gasteiger partial charge in [0.15, 0.2) is 0 Å². The fraction of sp³-hybridized carbons (Fsp3) is 0.632. The summed E-state index contributed by atoms with van der Waals surface area (Å²) in [5.74, 6) is 5.15. The number of carbonyl (C=O) groups excluding carboxylic acids is 2. The lowest BCUT2D eigenvalue weighted by Crippen LogP contribution is -2.27. The average molecular weight is 753 g/mol. The van der Waals surface area contributed by atoms with Crippen LogP contribution in [0.1, 0.15) is 94.9 Å². The van der Waals surface area contributed by atoms with Crippen molar-refractivity contribution in [2.24, 2.45) is 23.7 Å². The molecule has 4 aliphatic carbocycles. The molecule has 4 heterocycles. The molecule has 0 aromatic carbocycles. The average Bonchev–Trinajstić information content (AvgIpc) is 3.94. The van der Waals surface area contributed by atoms with Gasteiger partial charge in [0.2, 0.25) is 23.5 Å². The highest BCUT2D eigenvalue weighted by Gasteiger charge is 2.37. The number of nitrogens with zero attached hydrogens (tertiary/aromatic N) is 6. The van der Waals surface area contributed by atoms with Crippen LogP contribution in [0.5, 0.6) is 23.5 Å². The summed E-state index contributed by atoms with van der Waals surface area (Å²) in [7, 11) is 0. The van der Waals surface area contributed by atoms with Gasteiger partial charge in [0.25, 0.3) is 0 Å². The summed E-state index contributed by atoms with van der Waals surface area (Å²) in [5, 5.41) is 21.1. The third kappa shape index (κ3) is 13.8. The number of hydrogen-bond acceptors (Lipinski definition) is 12. The molecule has 0 spiro atoms. The molecule has 4 aromatic rings. The monoisotopic (exact) mass is 752 g/mol. The summed E-state index contributed by atoms with van der Waals surface area (Å²) in [6.45, 7) is 19.5. The van der Waals surface area contributed by atoms with Crippen molar-refractivity contribution in [3.8, 4) is 23.5 Å². The van der Waals surface area contributed by atoms with Crippen LogP contribution < -0.4 is 18.9 Å². The van der Waals surface area contributed by atoms with E-state index in [0.717, 1.165) is 45.8 Å². The quantitative estimate of drug-likeness (QED) is 0.183. The molecular formula is C38H56N8O8. The van der Waals surface area contributed by atoms with E-state index in [1.165, 1.54) is 12.8 Å². The summed E-state index contributed by atoms with van der Waals surface area (Å²) in [4.78, 5) is 23.3. The van der Waals surface area contributed by atoms with Crippen molar-refractivity contribution in [2.45, 2.75) is 131 Å². The normalized spacial score (nSPS) is 25.8. The van der Waals surface area contributed by atoms with Gasteiger partial charge in [-0.25, -0.2) is 19.8 Å². The van der Waals surface area contributed by atoms with E-state index < -0.39 is 23.4 Å². The molecule has 16 heteroatoms. The number of rotatable bonds is 8. The second-order valence-corrected chi connectivity index (χ2v) is 16.5. The smallest absolute Gasteiger partial charge is 0.435 e. The highest BCUT2D eigenvalue weighted by atomic mass is 16.6. The van der Waals surface area contributed by atoms with Gasteiger partial charge in [0.1, 0.15) is 35.6 Å². The zero-order valence-electron chi connectivity index (χ0n) is 33.0. The maximum atomic E-state index is 11.7. The van der Waals surface area contributed by atoms with Crippen LogP contribution in [-0.4, -0.2) is 87.8 Å². The molecule has 4 fully saturated rings. The van der Waals surface area contributed by atoms with Crippen molar-refractivity contribution in [1.29, 1.82) is 0 Å². The molecule has 4 aromatic heterocycles. The van der Waals surface area contributed by atoms with Gasteiger partial charge >= 0.3 is 12.2 Å². The van der Waals surface area contributed by atoms with Gasteiger partial charge in [-0.1, -0.05) is 27.7 Å². The van der Waals surface area contributed by atoms with E-state index >= 15 is 0 Å². The van der Waals surface area contributed by atoms with Crippen molar-refractivity contribution >= 4 is 12.2 Å². The lowest BCUT2D eigenvalue weighted by Gasteiger charge is -2.18. The summed E-state index contributed by atoms with van der Waals surface area (Å²) < 4.78 is 34.7. The SMILES string of the molecule is C[C@@H]1C[C@H]1Oc1ccn(C(=O)OC(C)(C)C)n1.C[C@@H]1C[C@H]1Oc1ccn[nH]1.C[C@H]1C[C@@H]1Oc1ccn(C(=O)OC(C)(C)C)n1.C[C@H]1C[C@@H]1Oc1ccn[nH]1. The highest BCUT2D eigenvalue weighted by molar-refractivity contribution is 5.70. The molecule has 0 saturated heterocycles. The van der Waals surface area contributed by atoms with E-state index in [-0.39, 0.29) is 12.2 Å². The Labute approximate surface area is 316 Å². The highest BCUT2D eigenvalue weighted by Crippen LogP contribution is 2.35. The molecule has 8 rings (SSSR count). The van der Waals surface area contributed by atoms with Crippen molar-refractivity contribution in [2.75, 3.05) is 0 Å². The third-order valence-electron chi connectivity index (χ3n) is 8.48. The minimum atomic E-state index is -0.519. The molecule has 8 atom stereocenters. The Hall–Kier alpha value is -5.02. The van der Waals surface area contributed by atoms with Crippen molar-refractivity contribution in [3.05, 3.63) is 49.1 Å². The molecule has 4 aliphatic rings. The van der Waals surface area contributed by atoms with Gasteiger partial charge in [-0.3, -0.25) is 0 Å². The number of ether oxygens (including phenoxy) is 6. The van der Waals surface area contributed by atoms with E-state index in [4.69, 9.17) is 28.4 Å². The zero-order chi connectivity index (χ0) is 39.2. The van der Waals surface area contributed by atoms with Gasteiger partial charge in [0.05, 0.1) is 12.4 Å². The van der Waals surface area contributed by atoms with E-state index in [9.17, 15) is 9.59 Å². The molecule has 2 N–H and O–H groups in total. The Morgan fingerprint density at radius 3 is 1.15 bits per heavy atom. The summed E-state index contributed by atoms with van der Waals surface area (Å²) >= 11 is 0. The fourth-order valence-electron chi connectivity index (χ4n) is 4.62. The minimum Gasteiger partial charge on any atom is -0.474 e. The van der Waals surface area contributed by atoms with Crippen LogP contribution in [0.3, 0.4) is 0 Å². The first kappa shape index (κ1) is 40.2. The van der Waals surface area contributed by atoms with E-state index in [2.05, 4.69) is 58.3 Å². The molecule has 0 amide bonds. The van der Waals surface area contributed by atoms with Gasteiger partial charge < -0.3 is 28.4 Å². The Bertz CT molecular complexity index is 1630. The first-order chi connectivity index (χ1) is 25.4. The van der Waals surface area contributed by atoms with Gasteiger partial charge in [-0.15, -0.1) is 10.2 Å². The van der Waals surface area contributed by atoms with Crippen LogP contribution in [0, 0.1) is 23.7 Å². The van der Waals surface area contributed by atoms with Crippen molar-refractivity contribution in [1.82, 2.24) is 40.0 Å². The first-order valence-electron chi connectivity index (χ1n) is 18.7. The standard InChI is InChI=1S/2C12H18N2O3.2C7H10N2O/c2*1-8-7-9(8)16-10-5-6-14(13-10)11(15)17-12(2,3)4;2*1-5-4-6(5)10-7-2-3-8-9-7/h2*5-6,8-9H,7H2,1-4H3;2*2-3,5-6H,4H2,1H3,(H,8,9)/t2*8-,9-;2*5-,6-/m1010/s1. The summed E-state index contributed by atoms with van der Waals surface area (Å²) in [5.41, 5.74) is -1.04. The third-order valence-corrected chi connectivity index (χ3v) is 8.48. The van der Waals surface area contributed by atoms with Crippen LogP contribution in [0.4, 0.5) is 9.59 Å². The molecule has 4 saturated carbocycles. The Kier molecular flexibility index (Phi) is 12.6. The lowest BCUT2D eigenvalue weighted by atomic mass is 10.2. The predicted molar refractivity (Wildman–Crippen MR) is 198 cm³/mol. The summed E-state index contributed by atoms with van der Waals surface area (Å²) in [6.07, 6.45) is 11.3. The molecule has 0 aliphatic heterocycles. The number of aromatic amines is 2. The van der Waals surface area contributed by atoms with E-state index in [0.29, 0.717) is 35.8 Å². The lowest BCUT2D eigenvalue weighted by molar-refractivity contribution is 0.0501. The van der Waals surface area contributed by atoms with E-state index in [1.807, 2.05) is 53.7 Å². The predicted octanol–water partition coefficient (Wildman–Crippen LogP) is 7.30. The van der Waals surface area contributed by atoms with Crippen molar-refractivity contribution in [3.63, 3.8) is 0 Å². The molecule has 16 nitrogen and oxygen atoms in total. The van der Waals surface area contributed by atoms with Crippen LogP contribution in [0.15, 0.2) is 49.1 Å². The number of carbonyl (C=O) groups is 2. The number of hydrogen-bond donors (Lipinski definition) is 2. The summed E-state index contributed by atoms with van der Waals surface area (Å²) in [6, 6.07) is 7.03. The largest absolute Gasteiger partial charge is 0.474 e. The molecular weight excluding hydrogens is 696 g/mol. The first-order valence-corrected chi connectivity index (χ1v) is 18.7. The van der Waals surface area contributed by atoms with Gasteiger partial charge in [0, 0.05) is 36.7 Å². The van der Waals surface area contributed by atoms with Crippen LogP contribution in [-0.2, 0) is 9.47 Å². The van der Waals surface area contributed by atoms with Gasteiger partial charge in [-0.05, 0) is 90.9 Å². The second kappa shape index (κ2) is 17.0. The molecule has 0 unspecified atom stereocenters. The maximum absolute atomic E-state index is 11.7. The molecule has 54 heavy (non-hydrogen) atoms. The fourth-order valence-corrected chi connectivity index (χ4v) is 4.62. The Morgan fingerprint density at radius 2 is 0.889 bits per heavy atom. The Morgan fingerprint density at radius 1 is 0.574 bits per heavy atom. The van der Waals surface area contributed by atoms with Gasteiger partial charge in [-0.2, -0.15) is 19.6 Å². The number of H-pyrrole nitrogens is 2. The minimum absolute atomic E-state index is 0.247.